The maximum absolute atomic E-state index is 14.4. The van der Waals surface area contributed by atoms with Gasteiger partial charge in [-0.05, 0) is 76.2 Å². The molecule has 2 amide bonds. The highest BCUT2D eigenvalue weighted by Crippen LogP contribution is 2.42. The summed E-state index contributed by atoms with van der Waals surface area (Å²) in [5.41, 5.74) is 1.97. The van der Waals surface area contributed by atoms with E-state index in [-0.39, 0.29) is 29.3 Å². The maximum atomic E-state index is 14.4. The van der Waals surface area contributed by atoms with Gasteiger partial charge in [0.25, 0.3) is 5.91 Å². The summed E-state index contributed by atoms with van der Waals surface area (Å²) in [4.78, 5) is 39.3. The van der Waals surface area contributed by atoms with Crippen molar-refractivity contribution in [1.82, 2.24) is 20.5 Å². The van der Waals surface area contributed by atoms with Crippen molar-refractivity contribution in [2.75, 3.05) is 14.1 Å². The van der Waals surface area contributed by atoms with Crippen LogP contribution in [0.25, 0.3) is 0 Å². The van der Waals surface area contributed by atoms with Gasteiger partial charge in [-0.3, -0.25) is 24.5 Å². The summed E-state index contributed by atoms with van der Waals surface area (Å²) in [7, 11) is 4.01. The molecule has 0 saturated heterocycles. The van der Waals surface area contributed by atoms with E-state index in [0.29, 0.717) is 12.0 Å². The third-order valence-electron chi connectivity index (χ3n) is 8.51. The first-order chi connectivity index (χ1) is 19.3. The number of para-hydroxylation sites is 1. The van der Waals surface area contributed by atoms with Crippen LogP contribution in [0.15, 0.2) is 84.0 Å². The molecular formula is C33H39N5O2. The van der Waals surface area contributed by atoms with Crippen molar-refractivity contribution < 1.29 is 9.59 Å². The lowest BCUT2D eigenvalue weighted by Gasteiger charge is -2.47. The van der Waals surface area contributed by atoms with Crippen molar-refractivity contribution in [1.29, 1.82) is 0 Å². The first-order valence-electron chi connectivity index (χ1n) is 14.2. The average molecular weight is 538 g/mol. The number of fused-ring (bicyclic) bond motifs is 1. The Hall–Kier alpha value is -3.84. The normalized spacial score (nSPS) is 19.9. The van der Waals surface area contributed by atoms with Gasteiger partial charge in [0.1, 0.15) is 5.54 Å². The van der Waals surface area contributed by atoms with E-state index in [1.807, 2.05) is 88.0 Å². The standard InChI is InChI=1S/C33H39N5O2/c1-32(37-29(39)24-14-6-4-7-15-24,22-25-23-35-27-17-9-8-16-26(25)27)31(40)36-30(38(2)3)33(19-11-5-12-20-33)28-18-10-13-21-34-28/h4,6-10,13-18,21,23,25,30H,5,11-12,19-20,22H2,1-3H3,(H,36,40)(H,37,39). The fraction of sp³-hybridized carbons (Fsp3) is 0.394. The van der Waals surface area contributed by atoms with Crippen molar-refractivity contribution in [2.24, 2.45) is 4.99 Å². The molecule has 2 N–H and O–H groups in total. The zero-order chi connectivity index (χ0) is 28.2. The Labute approximate surface area is 237 Å². The lowest BCUT2D eigenvalue weighted by atomic mass is 9.68. The Bertz CT molecular complexity index is 1350. The Kier molecular flexibility index (Phi) is 8.12. The number of rotatable bonds is 9. The molecule has 2 heterocycles. The highest BCUT2D eigenvalue weighted by molar-refractivity contribution is 5.99. The number of amides is 2. The first kappa shape index (κ1) is 27.7. The number of hydrogen-bond donors (Lipinski definition) is 2. The van der Waals surface area contributed by atoms with E-state index in [2.05, 4.69) is 26.6 Å². The second kappa shape index (κ2) is 11.7. The predicted octanol–water partition coefficient (Wildman–Crippen LogP) is 5.37. The summed E-state index contributed by atoms with van der Waals surface area (Å²) in [6.45, 7) is 1.83. The fourth-order valence-electron chi connectivity index (χ4n) is 6.44. The summed E-state index contributed by atoms with van der Waals surface area (Å²) in [6, 6.07) is 23.1. The minimum atomic E-state index is -1.20. The van der Waals surface area contributed by atoms with E-state index in [0.717, 1.165) is 42.6 Å². The molecule has 3 atom stereocenters. The molecule has 1 aromatic heterocycles. The smallest absolute Gasteiger partial charge is 0.252 e. The highest BCUT2D eigenvalue weighted by Gasteiger charge is 2.47. The fourth-order valence-corrected chi connectivity index (χ4v) is 6.44. The number of aromatic nitrogens is 1. The molecule has 3 aromatic rings. The maximum Gasteiger partial charge on any atom is 0.252 e. The second-order valence-corrected chi connectivity index (χ2v) is 11.6. The molecule has 7 nitrogen and oxygen atoms in total. The van der Waals surface area contributed by atoms with Gasteiger partial charge >= 0.3 is 0 Å². The summed E-state index contributed by atoms with van der Waals surface area (Å²) in [6.07, 6.45) is 9.01. The summed E-state index contributed by atoms with van der Waals surface area (Å²) >= 11 is 0. The molecule has 0 spiro atoms. The van der Waals surface area contributed by atoms with E-state index < -0.39 is 5.54 Å². The van der Waals surface area contributed by atoms with Gasteiger partial charge in [0.2, 0.25) is 5.91 Å². The van der Waals surface area contributed by atoms with Crippen molar-refractivity contribution >= 4 is 23.7 Å². The molecule has 3 unspecified atom stereocenters. The molecule has 1 fully saturated rings. The molecule has 1 aliphatic heterocycles. The Balaban J connectivity index is 1.48. The van der Waals surface area contributed by atoms with Gasteiger partial charge in [-0.2, -0.15) is 0 Å². The monoisotopic (exact) mass is 537 g/mol. The first-order valence-corrected chi connectivity index (χ1v) is 14.2. The number of hydrogen-bond acceptors (Lipinski definition) is 5. The van der Waals surface area contributed by atoms with Gasteiger partial charge in [0.15, 0.2) is 0 Å². The van der Waals surface area contributed by atoms with Crippen molar-refractivity contribution in [3.63, 3.8) is 0 Å². The Morgan fingerprint density at radius 2 is 1.68 bits per heavy atom. The Morgan fingerprint density at radius 1 is 0.975 bits per heavy atom. The number of nitrogens with zero attached hydrogens (tertiary/aromatic N) is 3. The zero-order valence-electron chi connectivity index (χ0n) is 23.6. The van der Waals surface area contributed by atoms with Crippen LogP contribution < -0.4 is 10.6 Å². The van der Waals surface area contributed by atoms with Crippen LogP contribution in [0.5, 0.6) is 0 Å². The number of nitrogens with one attached hydrogen (secondary N) is 2. The average Bonchev–Trinajstić information content (AvgIpc) is 3.39. The van der Waals surface area contributed by atoms with Crippen LogP contribution >= 0.6 is 0 Å². The van der Waals surface area contributed by atoms with Gasteiger partial charge in [0, 0.05) is 35.0 Å². The topological polar surface area (TPSA) is 86.7 Å². The summed E-state index contributed by atoms with van der Waals surface area (Å²) < 4.78 is 0. The molecule has 5 rings (SSSR count). The number of pyridine rings is 1. The molecule has 208 valence electrons. The van der Waals surface area contributed by atoms with Crippen LogP contribution in [0.3, 0.4) is 0 Å². The second-order valence-electron chi connectivity index (χ2n) is 11.6. The van der Waals surface area contributed by atoms with Gasteiger partial charge in [-0.1, -0.05) is 61.7 Å². The van der Waals surface area contributed by atoms with E-state index in [1.165, 1.54) is 6.42 Å². The third-order valence-corrected chi connectivity index (χ3v) is 8.51. The Morgan fingerprint density at radius 3 is 2.38 bits per heavy atom. The van der Waals surface area contributed by atoms with Gasteiger partial charge < -0.3 is 10.6 Å². The molecule has 1 saturated carbocycles. The number of carbonyl (C=O) groups excluding carboxylic acids is 2. The molecule has 2 aliphatic rings. The van der Waals surface area contributed by atoms with Crippen LogP contribution in [-0.2, 0) is 10.2 Å². The van der Waals surface area contributed by atoms with Gasteiger partial charge in [-0.15, -0.1) is 0 Å². The SMILES string of the molecule is CN(C)C(NC(=O)C(C)(CC1C=Nc2ccccc21)NC(=O)c1ccccc1)C1(c2ccccn2)CCCCC1. The molecule has 7 heteroatoms. The van der Waals surface area contributed by atoms with Crippen LogP contribution in [0, 0.1) is 0 Å². The van der Waals surface area contributed by atoms with Crippen LogP contribution in [-0.4, -0.2) is 53.7 Å². The van der Waals surface area contributed by atoms with E-state index in [4.69, 9.17) is 4.98 Å². The number of carbonyl (C=O) groups is 2. The predicted molar refractivity (Wildman–Crippen MR) is 159 cm³/mol. The number of likely N-dealkylation sites (N-methyl/N-ethyl adjacent to an activating group) is 1. The minimum absolute atomic E-state index is 0.0970. The zero-order valence-corrected chi connectivity index (χ0v) is 23.6. The van der Waals surface area contributed by atoms with Crippen molar-refractivity contribution in [3.8, 4) is 0 Å². The minimum Gasteiger partial charge on any atom is -0.338 e. The van der Waals surface area contributed by atoms with E-state index >= 15 is 0 Å². The van der Waals surface area contributed by atoms with Crippen molar-refractivity contribution in [3.05, 3.63) is 95.8 Å². The number of benzene rings is 2. The van der Waals surface area contributed by atoms with Crippen LogP contribution in [0.2, 0.25) is 0 Å². The van der Waals surface area contributed by atoms with E-state index in [1.54, 1.807) is 12.1 Å². The van der Waals surface area contributed by atoms with Gasteiger partial charge in [-0.25, -0.2) is 0 Å². The largest absolute Gasteiger partial charge is 0.338 e. The molecule has 1 aliphatic carbocycles. The molecular weight excluding hydrogens is 498 g/mol. The highest BCUT2D eigenvalue weighted by atomic mass is 16.2. The summed E-state index contributed by atoms with van der Waals surface area (Å²) in [5, 5.41) is 6.53. The molecule has 0 bridgehead atoms. The number of aliphatic imine (C=N–C) groups is 1. The van der Waals surface area contributed by atoms with Crippen LogP contribution in [0.1, 0.15) is 73.0 Å². The third kappa shape index (κ3) is 5.56. The van der Waals surface area contributed by atoms with Gasteiger partial charge in [0.05, 0.1) is 11.9 Å². The quantitative estimate of drug-likeness (QED) is 0.360. The van der Waals surface area contributed by atoms with Crippen LogP contribution in [0.4, 0.5) is 5.69 Å². The molecule has 2 aromatic carbocycles. The lowest BCUT2D eigenvalue weighted by Crippen LogP contribution is -2.65. The molecule has 0 radical (unpaired) electrons. The van der Waals surface area contributed by atoms with Crippen molar-refractivity contribution in [2.45, 2.75) is 68.5 Å². The lowest BCUT2D eigenvalue weighted by molar-refractivity contribution is -0.130. The van der Waals surface area contributed by atoms with E-state index in [9.17, 15) is 9.59 Å². The summed E-state index contributed by atoms with van der Waals surface area (Å²) in [5.74, 6) is -0.589. The molecule has 40 heavy (non-hydrogen) atoms.